The minimum Gasteiger partial charge on any atom is -0.265 e. The summed E-state index contributed by atoms with van der Waals surface area (Å²) in [6, 6.07) is 14.6. The molecule has 26 heavy (non-hydrogen) atoms. The van der Waals surface area contributed by atoms with Crippen molar-refractivity contribution in [2.24, 2.45) is 0 Å². The first kappa shape index (κ1) is 16.8. The van der Waals surface area contributed by atoms with Crippen molar-refractivity contribution in [2.45, 2.75) is 13.5 Å². The van der Waals surface area contributed by atoms with E-state index in [0.717, 1.165) is 16.9 Å². The van der Waals surface area contributed by atoms with E-state index in [9.17, 15) is 4.79 Å². The van der Waals surface area contributed by atoms with Crippen LogP contribution in [0.25, 0.3) is 16.6 Å². The van der Waals surface area contributed by atoms with Crippen LogP contribution in [0.1, 0.15) is 11.3 Å². The van der Waals surface area contributed by atoms with Gasteiger partial charge in [-0.05, 0) is 36.8 Å². The largest absolute Gasteiger partial charge is 0.293 e. The molecule has 4 rings (SSSR count). The summed E-state index contributed by atoms with van der Waals surface area (Å²) in [6.07, 6.45) is 1.65. The van der Waals surface area contributed by atoms with Crippen molar-refractivity contribution >= 4 is 34.1 Å². The van der Waals surface area contributed by atoms with Gasteiger partial charge in [-0.1, -0.05) is 47.5 Å². The molecule has 2 aromatic carbocycles. The molecule has 7 heteroatoms. The number of hydrogen-bond acceptors (Lipinski definition) is 3. The molecule has 0 fully saturated rings. The van der Waals surface area contributed by atoms with Gasteiger partial charge in [0.1, 0.15) is 5.52 Å². The maximum absolute atomic E-state index is 13.1. The Hall–Kier alpha value is -2.63. The van der Waals surface area contributed by atoms with Gasteiger partial charge in [-0.2, -0.15) is 10.2 Å². The average Bonchev–Trinajstić information content (AvgIpc) is 3.07. The van der Waals surface area contributed by atoms with Crippen LogP contribution in [-0.4, -0.2) is 19.6 Å². The van der Waals surface area contributed by atoms with Crippen LogP contribution in [-0.2, 0) is 6.54 Å². The van der Waals surface area contributed by atoms with E-state index in [-0.39, 0.29) is 12.1 Å². The van der Waals surface area contributed by atoms with E-state index in [0.29, 0.717) is 20.9 Å². The Morgan fingerprint density at radius 1 is 1.08 bits per heavy atom. The molecule has 130 valence electrons. The normalized spacial score (nSPS) is 11.2. The smallest absolute Gasteiger partial charge is 0.265 e. The van der Waals surface area contributed by atoms with Crippen molar-refractivity contribution in [3.05, 3.63) is 86.4 Å². The number of hydrogen-bond donors (Lipinski definition) is 0. The summed E-state index contributed by atoms with van der Waals surface area (Å²) in [4.78, 5) is 13.1. The van der Waals surface area contributed by atoms with Crippen LogP contribution in [0.3, 0.4) is 0 Å². The SMILES string of the molecule is Cc1nn(Cc2ccccc2Cl)c(=O)c2c1cnn2-c1cccc(Cl)c1. The molecule has 2 heterocycles. The van der Waals surface area contributed by atoms with Crippen molar-refractivity contribution in [1.82, 2.24) is 19.6 Å². The van der Waals surface area contributed by atoms with E-state index in [1.807, 2.05) is 37.3 Å². The Morgan fingerprint density at radius 2 is 1.88 bits per heavy atom. The van der Waals surface area contributed by atoms with Crippen LogP contribution in [0.5, 0.6) is 0 Å². The predicted octanol–water partition coefficient (Wildman–Crippen LogP) is 4.25. The third-order valence-electron chi connectivity index (χ3n) is 4.20. The zero-order valence-corrected chi connectivity index (χ0v) is 15.4. The predicted molar refractivity (Wildman–Crippen MR) is 103 cm³/mol. The monoisotopic (exact) mass is 384 g/mol. The van der Waals surface area contributed by atoms with Gasteiger partial charge in [-0.3, -0.25) is 4.79 Å². The molecule has 0 saturated carbocycles. The Morgan fingerprint density at radius 3 is 2.65 bits per heavy atom. The molecule has 4 aromatic rings. The average molecular weight is 385 g/mol. The van der Waals surface area contributed by atoms with Gasteiger partial charge in [0.05, 0.1) is 24.1 Å². The summed E-state index contributed by atoms with van der Waals surface area (Å²) < 4.78 is 3.02. The van der Waals surface area contributed by atoms with E-state index < -0.39 is 0 Å². The lowest BCUT2D eigenvalue weighted by Crippen LogP contribution is -2.26. The van der Waals surface area contributed by atoms with Crippen molar-refractivity contribution < 1.29 is 0 Å². The summed E-state index contributed by atoms with van der Waals surface area (Å²) in [5, 5.41) is 10.7. The molecule has 0 unspecified atom stereocenters. The highest BCUT2D eigenvalue weighted by molar-refractivity contribution is 6.31. The maximum atomic E-state index is 13.1. The van der Waals surface area contributed by atoms with Crippen LogP contribution in [0, 0.1) is 6.92 Å². The summed E-state index contributed by atoms with van der Waals surface area (Å²) in [6.45, 7) is 2.14. The zero-order chi connectivity index (χ0) is 18.3. The van der Waals surface area contributed by atoms with Crippen molar-refractivity contribution in [2.75, 3.05) is 0 Å². The highest BCUT2D eigenvalue weighted by Crippen LogP contribution is 2.20. The Kier molecular flexibility index (Phi) is 4.26. The lowest BCUT2D eigenvalue weighted by Gasteiger charge is -2.10. The molecular weight excluding hydrogens is 371 g/mol. The van der Waals surface area contributed by atoms with Gasteiger partial charge in [-0.25, -0.2) is 9.36 Å². The fraction of sp³-hybridized carbons (Fsp3) is 0.105. The van der Waals surface area contributed by atoms with E-state index in [2.05, 4.69) is 10.2 Å². The van der Waals surface area contributed by atoms with Crippen molar-refractivity contribution in [1.29, 1.82) is 0 Å². The third kappa shape index (κ3) is 2.89. The number of aryl methyl sites for hydroxylation is 1. The molecule has 0 N–H and O–H groups in total. The Bertz CT molecular complexity index is 1180. The van der Waals surface area contributed by atoms with Crippen LogP contribution in [0.2, 0.25) is 10.0 Å². The van der Waals surface area contributed by atoms with Crippen LogP contribution in [0.15, 0.2) is 59.5 Å². The van der Waals surface area contributed by atoms with Gasteiger partial charge < -0.3 is 0 Å². The molecule has 0 spiro atoms. The zero-order valence-electron chi connectivity index (χ0n) is 13.9. The van der Waals surface area contributed by atoms with Crippen molar-refractivity contribution in [3.63, 3.8) is 0 Å². The molecule has 0 saturated heterocycles. The second kappa shape index (κ2) is 6.59. The number of rotatable bonds is 3. The molecule has 0 aliphatic carbocycles. The second-order valence-corrected chi connectivity index (χ2v) is 6.78. The highest BCUT2D eigenvalue weighted by Gasteiger charge is 2.16. The first-order chi connectivity index (χ1) is 12.5. The fourth-order valence-electron chi connectivity index (χ4n) is 2.92. The lowest BCUT2D eigenvalue weighted by molar-refractivity contribution is 0.635. The van der Waals surface area contributed by atoms with E-state index in [4.69, 9.17) is 23.2 Å². The molecule has 0 amide bonds. The topological polar surface area (TPSA) is 52.7 Å². The van der Waals surface area contributed by atoms with Gasteiger partial charge in [0, 0.05) is 15.4 Å². The summed E-state index contributed by atoms with van der Waals surface area (Å²) in [5.41, 5.74) is 2.51. The number of benzene rings is 2. The van der Waals surface area contributed by atoms with Gasteiger partial charge in [0.25, 0.3) is 5.56 Å². The number of fused-ring (bicyclic) bond motifs is 1. The number of halogens is 2. The first-order valence-electron chi connectivity index (χ1n) is 7.99. The maximum Gasteiger partial charge on any atom is 0.293 e. The van der Waals surface area contributed by atoms with Gasteiger partial charge in [-0.15, -0.1) is 0 Å². The molecule has 0 aliphatic heterocycles. The standard InChI is InChI=1S/C19H14Cl2N4O/c1-12-16-10-22-25(15-7-4-6-14(20)9-15)18(16)19(26)24(23-12)11-13-5-2-3-8-17(13)21/h2-10H,11H2,1H3. The molecule has 0 aliphatic rings. The summed E-state index contributed by atoms with van der Waals surface area (Å²) >= 11 is 12.3. The van der Waals surface area contributed by atoms with E-state index >= 15 is 0 Å². The van der Waals surface area contributed by atoms with Crippen LogP contribution >= 0.6 is 23.2 Å². The lowest BCUT2D eigenvalue weighted by atomic mass is 10.2. The quantitative estimate of drug-likeness (QED) is 0.530. The highest BCUT2D eigenvalue weighted by atomic mass is 35.5. The fourth-order valence-corrected chi connectivity index (χ4v) is 3.30. The molecule has 0 radical (unpaired) electrons. The van der Waals surface area contributed by atoms with E-state index in [1.54, 1.807) is 29.1 Å². The molecule has 0 bridgehead atoms. The minimum absolute atomic E-state index is 0.233. The van der Waals surface area contributed by atoms with Gasteiger partial charge in [0.15, 0.2) is 0 Å². The second-order valence-electron chi connectivity index (χ2n) is 5.94. The Labute approximate surface area is 159 Å². The molecule has 2 aromatic heterocycles. The van der Waals surface area contributed by atoms with Crippen LogP contribution < -0.4 is 5.56 Å². The minimum atomic E-state index is -0.233. The molecular formula is C19H14Cl2N4O. The Balaban J connectivity index is 1.92. The molecule has 0 atom stereocenters. The molecule has 5 nitrogen and oxygen atoms in total. The van der Waals surface area contributed by atoms with Gasteiger partial charge in [0.2, 0.25) is 0 Å². The van der Waals surface area contributed by atoms with Crippen LogP contribution in [0.4, 0.5) is 0 Å². The first-order valence-corrected chi connectivity index (χ1v) is 8.75. The summed E-state index contributed by atoms with van der Waals surface area (Å²) in [5.74, 6) is 0. The van der Waals surface area contributed by atoms with Crippen molar-refractivity contribution in [3.8, 4) is 5.69 Å². The number of aromatic nitrogens is 4. The summed E-state index contributed by atoms with van der Waals surface area (Å²) in [7, 11) is 0. The number of nitrogens with zero attached hydrogens (tertiary/aromatic N) is 4. The third-order valence-corrected chi connectivity index (χ3v) is 4.80. The van der Waals surface area contributed by atoms with E-state index in [1.165, 1.54) is 4.68 Å². The van der Waals surface area contributed by atoms with Gasteiger partial charge >= 0.3 is 0 Å².